The van der Waals surface area contributed by atoms with Crippen LogP contribution in [0.1, 0.15) is 12.0 Å². The highest BCUT2D eigenvalue weighted by molar-refractivity contribution is 7.92. The van der Waals surface area contributed by atoms with Crippen molar-refractivity contribution >= 4 is 25.9 Å². The molecule has 1 aliphatic heterocycles. The number of benzene rings is 1. The van der Waals surface area contributed by atoms with Crippen LogP contribution in [0.2, 0.25) is 0 Å². The molecule has 1 N–H and O–H groups in total. The fourth-order valence-electron chi connectivity index (χ4n) is 2.05. The standard InChI is InChI=1S/C13H17NO4S2/c15-19(16)8-6-13(11-19)10-14-20(17,18)9-7-12-4-2-1-3-5-12/h1-5,7,9,13-14H,6,8,10-11H2/b9-7+. The molecule has 2 rings (SSSR count). The summed E-state index contributed by atoms with van der Waals surface area (Å²) in [4.78, 5) is 0. The molecule has 110 valence electrons. The lowest BCUT2D eigenvalue weighted by atomic mass is 10.1. The first-order chi connectivity index (χ1) is 9.36. The highest BCUT2D eigenvalue weighted by atomic mass is 32.2. The zero-order valence-electron chi connectivity index (χ0n) is 10.9. The fourth-order valence-corrected chi connectivity index (χ4v) is 4.81. The molecule has 0 aliphatic carbocycles. The van der Waals surface area contributed by atoms with Crippen LogP contribution in [0, 0.1) is 5.92 Å². The zero-order chi connectivity index (χ0) is 14.6. The Morgan fingerprint density at radius 3 is 2.55 bits per heavy atom. The third-order valence-corrected chi connectivity index (χ3v) is 6.04. The van der Waals surface area contributed by atoms with E-state index in [1.54, 1.807) is 12.1 Å². The van der Waals surface area contributed by atoms with Gasteiger partial charge in [-0.3, -0.25) is 0 Å². The van der Waals surface area contributed by atoms with Gasteiger partial charge in [0.2, 0.25) is 10.0 Å². The normalized spacial score (nSPS) is 22.3. The van der Waals surface area contributed by atoms with Crippen LogP contribution in [0.15, 0.2) is 35.7 Å². The first-order valence-corrected chi connectivity index (χ1v) is 9.66. The summed E-state index contributed by atoms with van der Waals surface area (Å²) in [7, 11) is -6.50. The minimum Gasteiger partial charge on any atom is -0.229 e. The van der Waals surface area contributed by atoms with Gasteiger partial charge in [-0.2, -0.15) is 0 Å². The van der Waals surface area contributed by atoms with Gasteiger partial charge in [0.25, 0.3) is 0 Å². The Bertz CT molecular complexity index is 678. The molecule has 1 unspecified atom stereocenters. The molecule has 0 saturated carbocycles. The molecule has 7 heteroatoms. The number of rotatable bonds is 5. The Morgan fingerprint density at radius 2 is 1.95 bits per heavy atom. The fraction of sp³-hybridized carbons (Fsp3) is 0.385. The van der Waals surface area contributed by atoms with Crippen molar-refractivity contribution in [2.75, 3.05) is 18.1 Å². The second kappa shape index (κ2) is 6.07. The van der Waals surface area contributed by atoms with Crippen LogP contribution in [0.25, 0.3) is 6.08 Å². The summed E-state index contributed by atoms with van der Waals surface area (Å²) < 4.78 is 48.5. The van der Waals surface area contributed by atoms with Gasteiger partial charge < -0.3 is 0 Å². The lowest BCUT2D eigenvalue weighted by Crippen LogP contribution is -2.28. The summed E-state index contributed by atoms with van der Waals surface area (Å²) in [5, 5.41) is 1.10. The van der Waals surface area contributed by atoms with Gasteiger partial charge in [0.15, 0.2) is 9.84 Å². The minimum absolute atomic E-state index is 0.0674. The third kappa shape index (κ3) is 4.73. The molecular weight excluding hydrogens is 298 g/mol. The van der Waals surface area contributed by atoms with Crippen LogP contribution in [-0.4, -0.2) is 34.9 Å². The van der Waals surface area contributed by atoms with Crippen molar-refractivity contribution in [2.24, 2.45) is 5.92 Å². The third-order valence-electron chi connectivity index (χ3n) is 3.14. The van der Waals surface area contributed by atoms with E-state index in [1.807, 2.05) is 18.2 Å². The van der Waals surface area contributed by atoms with E-state index in [4.69, 9.17) is 0 Å². The molecule has 1 heterocycles. The summed E-state index contributed by atoms with van der Waals surface area (Å²) in [6, 6.07) is 9.10. The van der Waals surface area contributed by atoms with Gasteiger partial charge in [-0.05, 0) is 24.0 Å². The molecule has 0 radical (unpaired) electrons. The predicted molar refractivity (Wildman–Crippen MR) is 79.2 cm³/mol. The van der Waals surface area contributed by atoms with Crippen LogP contribution in [0.4, 0.5) is 0 Å². The van der Waals surface area contributed by atoms with E-state index in [-0.39, 0.29) is 24.0 Å². The van der Waals surface area contributed by atoms with Crippen molar-refractivity contribution in [1.82, 2.24) is 4.72 Å². The van der Waals surface area contributed by atoms with Crippen molar-refractivity contribution < 1.29 is 16.8 Å². The molecule has 0 amide bonds. The molecular formula is C13H17NO4S2. The Labute approximate surface area is 119 Å². The van der Waals surface area contributed by atoms with Gasteiger partial charge in [-0.15, -0.1) is 0 Å². The lowest BCUT2D eigenvalue weighted by molar-refractivity contribution is 0.549. The molecule has 1 saturated heterocycles. The van der Waals surface area contributed by atoms with Crippen LogP contribution >= 0.6 is 0 Å². The van der Waals surface area contributed by atoms with Gasteiger partial charge in [-0.1, -0.05) is 30.3 Å². The van der Waals surface area contributed by atoms with Crippen molar-refractivity contribution in [3.8, 4) is 0 Å². The summed E-state index contributed by atoms with van der Waals surface area (Å²) in [5.74, 6) is 0.0943. The van der Waals surface area contributed by atoms with Crippen LogP contribution < -0.4 is 4.72 Å². The highest BCUT2D eigenvalue weighted by Crippen LogP contribution is 2.17. The largest absolute Gasteiger partial charge is 0.233 e. The highest BCUT2D eigenvalue weighted by Gasteiger charge is 2.28. The monoisotopic (exact) mass is 315 g/mol. The summed E-state index contributed by atoms with van der Waals surface area (Å²) in [6.45, 7) is 0.167. The van der Waals surface area contributed by atoms with Gasteiger partial charge in [0.05, 0.1) is 11.5 Å². The van der Waals surface area contributed by atoms with E-state index in [2.05, 4.69) is 4.72 Å². The molecule has 1 fully saturated rings. The van der Waals surface area contributed by atoms with Crippen molar-refractivity contribution in [3.63, 3.8) is 0 Å². The van der Waals surface area contributed by atoms with E-state index in [0.717, 1.165) is 11.0 Å². The molecule has 0 spiro atoms. The Hall–Kier alpha value is -1.18. The summed E-state index contributed by atoms with van der Waals surface area (Å²) in [6.07, 6.45) is 2.03. The smallest absolute Gasteiger partial charge is 0.229 e. The van der Waals surface area contributed by atoms with Crippen LogP contribution in [0.5, 0.6) is 0 Å². The maximum absolute atomic E-state index is 11.8. The molecule has 1 atom stereocenters. The maximum Gasteiger partial charge on any atom is 0.233 e. The SMILES string of the molecule is O=S1(=O)CCC(CNS(=O)(=O)/C=C/c2ccccc2)C1. The van der Waals surface area contributed by atoms with Crippen molar-refractivity contribution in [3.05, 3.63) is 41.3 Å². The quantitative estimate of drug-likeness (QED) is 0.879. The van der Waals surface area contributed by atoms with Crippen molar-refractivity contribution in [1.29, 1.82) is 0 Å². The van der Waals surface area contributed by atoms with E-state index in [0.29, 0.717) is 6.42 Å². The number of sulfonamides is 1. The number of hydrogen-bond donors (Lipinski definition) is 1. The lowest BCUT2D eigenvalue weighted by Gasteiger charge is -2.07. The summed E-state index contributed by atoms with van der Waals surface area (Å²) in [5.41, 5.74) is 0.793. The van der Waals surface area contributed by atoms with E-state index >= 15 is 0 Å². The average molecular weight is 315 g/mol. The Morgan fingerprint density at radius 1 is 1.25 bits per heavy atom. The maximum atomic E-state index is 11.8. The van der Waals surface area contributed by atoms with Crippen LogP contribution in [0.3, 0.4) is 0 Å². The average Bonchev–Trinajstić information content (AvgIpc) is 2.75. The molecule has 1 aliphatic rings. The number of sulfone groups is 1. The minimum atomic E-state index is -3.53. The van der Waals surface area contributed by atoms with Gasteiger partial charge >= 0.3 is 0 Å². The molecule has 0 bridgehead atoms. The number of hydrogen-bond acceptors (Lipinski definition) is 4. The Balaban J connectivity index is 1.90. The molecule has 1 aromatic carbocycles. The predicted octanol–water partition coefficient (Wildman–Crippen LogP) is 1.01. The van der Waals surface area contributed by atoms with Gasteiger partial charge in [0.1, 0.15) is 0 Å². The first kappa shape index (κ1) is 15.2. The second-order valence-corrected chi connectivity index (χ2v) is 8.76. The van der Waals surface area contributed by atoms with E-state index in [1.165, 1.54) is 6.08 Å². The zero-order valence-corrected chi connectivity index (χ0v) is 12.5. The van der Waals surface area contributed by atoms with Crippen molar-refractivity contribution in [2.45, 2.75) is 6.42 Å². The van der Waals surface area contributed by atoms with E-state index in [9.17, 15) is 16.8 Å². The van der Waals surface area contributed by atoms with Gasteiger partial charge in [-0.25, -0.2) is 21.6 Å². The van der Waals surface area contributed by atoms with E-state index < -0.39 is 19.9 Å². The van der Waals surface area contributed by atoms with Crippen LogP contribution in [-0.2, 0) is 19.9 Å². The first-order valence-electron chi connectivity index (χ1n) is 6.29. The number of nitrogens with one attached hydrogen (secondary N) is 1. The second-order valence-electron chi connectivity index (χ2n) is 4.88. The summed E-state index contributed by atoms with van der Waals surface area (Å²) >= 11 is 0. The molecule has 1 aromatic rings. The molecule has 0 aromatic heterocycles. The Kier molecular flexibility index (Phi) is 4.62. The molecule has 20 heavy (non-hydrogen) atoms. The topological polar surface area (TPSA) is 80.3 Å². The van der Waals surface area contributed by atoms with Gasteiger partial charge in [0, 0.05) is 12.0 Å². The molecule has 5 nitrogen and oxygen atoms in total.